The molecule has 3 aromatic rings. The Bertz CT molecular complexity index is 947. The highest BCUT2D eigenvalue weighted by atomic mass is 32.1. The molecule has 8 heteroatoms. The molecule has 1 N–H and O–H groups in total. The fourth-order valence-corrected chi connectivity index (χ4v) is 4.31. The van der Waals surface area contributed by atoms with Crippen LogP contribution < -0.4 is 5.32 Å². The number of amides is 2. The average Bonchev–Trinajstić information content (AvgIpc) is 3.40. The van der Waals surface area contributed by atoms with Gasteiger partial charge in [-0.3, -0.25) is 9.59 Å². The van der Waals surface area contributed by atoms with Gasteiger partial charge in [-0.25, -0.2) is 4.98 Å². The van der Waals surface area contributed by atoms with E-state index in [9.17, 15) is 9.59 Å². The topological polar surface area (TPSA) is 71.5 Å². The van der Waals surface area contributed by atoms with Gasteiger partial charge >= 0.3 is 0 Å². The molecule has 0 spiro atoms. The zero-order valence-corrected chi connectivity index (χ0v) is 16.0. The number of thiazole rings is 1. The second-order valence-corrected chi connectivity index (χ2v) is 7.59. The summed E-state index contributed by atoms with van der Waals surface area (Å²) in [6, 6.07) is 9.02. The van der Waals surface area contributed by atoms with E-state index in [0.717, 1.165) is 10.6 Å². The Morgan fingerprint density at radius 2 is 1.93 bits per heavy atom. The predicted octanol–water partition coefficient (Wildman–Crippen LogP) is 3.60. The summed E-state index contributed by atoms with van der Waals surface area (Å²) in [7, 11) is 0. The van der Waals surface area contributed by atoms with E-state index in [2.05, 4.69) is 10.3 Å². The van der Waals surface area contributed by atoms with Crippen LogP contribution in [0.1, 0.15) is 20.8 Å². The summed E-state index contributed by atoms with van der Waals surface area (Å²) in [5.74, 6) is -0.429. The highest BCUT2D eigenvalue weighted by Gasteiger charge is 2.22. The van der Waals surface area contributed by atoms with E-state index in [4.69, 9.17) is 4.74 Å². The number of nitrogens with zero attached hydrogens (tertiary/aromatic N) is 2. The molecule has 6 nitrogen and oxygen atoms in total. The number of aromatic nitrogens is 1. The zero-order valence-electron chi connectivity index (χ0n) is 14.4. The van der Waals surface area contributed by atoms with Crippen molar-refractivity contribution in [3.05, 3.63) is 57.7 Å². The predicted molar refractivity (Wildman–Crippen MR) is 107 cm³/mol. The fraction of sp³-hybridized carbons (Fsp3) is 0.211. The molecule has 0 atom stereocenters. The van der Waals surface area contributed by atoms with Gasteiger partial charge in [0, 0.05) is 29.4 Å². The number of nitrogens with one attached hydrogen (secondary N) is 1. The summed E-state index contributed by atoms with van der Waals surface area (Å²) in [6.07, 6.45) is 0. The summed E-state index contributed by atoms with van der Waals surface area (Å²) in [4.78, 5) is 31.6. The molecule has 1 fully saturated rings. The number of ether oxygens (including phenoxy) is 1. The maximum absolute atomic E-state index is 12.8. The van der Waals surface area contributed by atoms with Gasteiger partial charge in [0.25, 0.3) is 11.8 Å². The number of anilines is 1. The highest BCUT2D eigenvalue weighted by molar-refractivity contribution is 7.14. The number of carbonyl (C=O) groups is 2. The zero-order chi connectivity index (χ0) is 18.6. The third-order valence-electron chi connectivity index (χ3n) is 4.21. The van der Waals surface area contributed by atoms with Gasteiger partial charge in [0.2, 0.25) is 0 Å². The number of thiophene rings is 1. The lowest BCUT2D eigenvalue weighted by molar-refractivity contribution is 0.0303. The van der Waals surface area contributed by atoms with Gasteiger partial charge in [-0.2, -0.15) is 11.3 Å². The number of carbonyl (C=O) groups excluding carboxylic acids is 2. The molecule has 1 aliphatic heterocycles. The molecule has 0 bridgehead atoms. The van der Waals surface area contributed by atoms with Crippen LogP contribution >= 0.6 is 22.7 Å². The Kier molecular flexibility index (Phi) is 5.28. The SMILES string of the molecule is O=C(Nc1ccccc1C(=O)N1CCOCC1)c1csc(-c2ccsc2)n1. The molecule has 138 valence electrons. The Hall–Kier alpha value is -2.55. The van der Waals surface area contributed by atoms with Gasteiger partial charge in [-0.05, 0) is 23.6 Å². The second kappa shape index (κ2) is 7.99. The lowest BCUT2D eigenvalue weighted by Crippen LogP contribution is -2.41. The van der Waals surface area contributed by atoms with Crippen molar-refractivity contribution in [3.63, 3.8) is 0 Å². The van der Waals surface area contributed by atoms with Crippen molar-refractivity contribution in [2.24, 2.45) is 0 Å². The van der Waals surface area contributed by atoms with Crippen LogP contribution in [-0.4, -0.2) is 48.0 Å². The molecular formula is C19H17N3O3S2. The number of benzene rings is 1. The van der Waals surface area contributed by atoms with Crippen LogP contribution in [0.25, 0.3) is 10.6 Å². The number of hydrogen-bond donors (Lipinski definition) is 1. The summed E-state index contributed by atoms with van der Waals surface area (Å²) in [5.41, 5.74) is 2.31. The quantitative estimate of drug-likeness (QED) is 0.728. The maximum Gasteiger partial charge on any atom is 0.275 e. The number of hydrogen-bond acceptors (Lipinski definition) is 6. The van der Waals surface area contributed by atoms with Gasteiger partial charge in [0.05, 0.1) is 24.5 Å². The molecule has 27 heavy (non-hydrogen) atoms. The van der Waals surface area contributed by atoms with Crippen LogP contribution in [0.15, 0.2) is 46.5 Å². The Balaban J connectivity index is 1.52. The van der Waals surface area contributed by atoms with Crippen molar-refractivity contribution in [3.8, 4) is 10.6 Å². The monoisotopic (exact) mass is 399 g/mol. The van der Waals surface area contributed by atoms with Gasteiger partial charge < -0.3 is 15.0 Å². The third kappa shape index (κ3) is 3.92. The Labute approximate surface area is 164 Å². The number of rotatable bonds is 4. The van der Waals surface area contributed by atoms with E-state index in [1.807, 2.05) is 16.8 Å². The minimum Gasteiger partial charge on any atom is -0.378 e. The molecule has 1 aliphatic rings. The molecule has 2 aromatic heterocycles. The standard InChI is InChI=1S/C19H17N3O3S2/c23-17(16-12-27-18(21-16)13-5-10-26-11-13)20-15-4-2-1-3-14(15)19(24)22-6-8-25-9-7-22/h1-5,10-12H,6-9H2,(H,20,23). The summed E-state index contributed by atoms with van der Waals surface area (Å²) >= 11 is 3.01. The van der Waals surface area contributed by atoms with E-state index in [-0.39, 0.29) is 11.8 Å². The van der Waals surface area contributed by atoms with E-state index in [0.29, 0.717) is 43.2 Å². The van der Waals surface area contributed by atoms with Crippen LogP contribution in [-0.2, 0) is 4.74 Å². The molecule has 3 heterocycles. The molecule has 0 aliphatic carbocycles. The van der Waals surface area contributed by atoms with Crippen molar-refractivity contribution in [2.75, 3.05) is 31.6 Å². The van der Waals surface area contributed by atoms with Crippen LogP contribution in [0.2, 0.25) is 0 Å². The van der Waals surface area contributed by atoms with Crippen molar-refractivity contribution >= 4 is 40.2 Å². The average molecular weight is 399 g/mol. The van der Waals surface area contributed by atoms with Crippen molar-refractivity contribution in [1.82, 2.24) is 9.88 Å². The van der Waals surface area contributed by atoms with E-state index in [1.165, 1.54) is 11.3 Å². The van der Waals surface area contributed by atoms with Crippen molar-refractivity contribution in [1.29, 1.82) is 0 Å². The fourth-order valence-electron chi connectivity index (χ4n) is 2.80. The van der Waals surface area contributed by atoms with E-state index < -0.39 is 0 Å². The number of morpholine rings is 1. The van der Waals surface area contributed by atoms with Gasteiger partial charge in [0.15, 0.2) is 0 Å². The first-order valence-corrected chi connectivity index (χ1v) is 10.3. The molecule has 1 saturated heterocycles. The first kappa shape index (κ1) is 17.8. The highest BCUT2D eigenvalue weighted by Crippen LogP contribution is 2.26. The smallest absolute Gasteiger partial charge is 0.275 e. The van der Waals surface area contributed by atoms with Gasteiger partial charge in [0.1, 0.15) is 10.7 Å². The molecule has 0 saturated carbocycles. The normalized spacial score (nSPS) is 14.1. The first-order valence-electron chi connectivity index (χ1n) is 8.48. The lowest BCUT2D eigenvalue weighted by Gasteiger charge is -2.27. The minimum absolute atomic E-state index is 0.105. The molecule has 2 amide bonds. The van der Waals surface area contributed by atoms with Crippen LogP contribution in [0, 0.1) is 0 Å². The molecule has 1 aromatic carbocycles. The van der Waals surface area contributed by atoms with Crippen LogP contribution in [0.5, 0.6) is 0 Å². The van der Waals surface area contributed by atoms with Crippen molar-refractivity contribution in [2.45, 2.75) is 0 Å². The number of para-hydroxylation sites is 1. The molecule has 4 rings (SSSR count). The van der Waals surface area contributed by atoms with E-state index >= 15 is 0 Å². The summed E-state index contributed by atoms with van der Waals surface area (Å²) < 4.78 is 5.30. The van der Waals surface area contributed by atoms with Crippen molar-refractivity contribution < 1.29 is 14.3 Å². The van der Waals surface area contributed by atoms with Gasteiger partial charge in [-0.1, -0.05) is 12.1 Å². The second-order valence-electron chi connectivity index (χ2n) is 5.95. The van der Waals surface area contributed by atoms with E-state index in [1.54, 1.807) is 45.9 Å². The molecule has 0 unspecified atom stereocenters. The van der Waals surface area contributed by atoms with Gasteiger partial charge in [-0.15, -0.1) is 11.3 Å². The van der Waals surface area contributed by atoms with Crippen LogP contribution in [0.4, 0.5) is 5.69 Å². The Morgan fingerprint density at radius 1 is 1.11 bits per heavy atom. The maximum atomic E-state index is 12.8. The summed E-state index contributed by atoms with van der Waals surface area (Å²) in [6.45, 7) is 2.17. The Morgan fingerprint density at radius 3 is 2.70 bits per heavy atom. The first-order chi connectivity index (χ1) is 13.2. The van der Waals surface area contributed by atoms with Crippen LogP contribution in [0.3, 0.4) is 0 Å². The molecule has 0 radical (unpaired) electrons. The largest absolute Gasteiger partial charge is 0.378 e. The molecular weight excluding hydrogens is 382 g/mol. The summed E-state index contributed by atoms with van der Waals surface area (Å²) in [5, 5.41) is 9.34. The third-order valence-corrected chi connectivity index (χ3v) is 5.78. The minimum atomic E-state index is -0.324. The lowest BCUT2D eigenvalue weighted by atomic mass is 10.1.